The molecule has 8 heteroatoms. The number of amides is 1. The van der Waals surface area contributed by atoms with E-state index in [0.29, 0.717) is 17.2 Å². The molecule has 1 amide bonds. The fourth-order valence-corrected chi connectivity index (χ4v) is 3.48. The Labute approximate surface area is 153 Å². The summed E-state index contributed by atoms with van der Waals surface area (Å²) in [5, 5.41) is 0. The van der Waals surface area contributed by atoms with E-state index in [4.69, 9.17) is 9.47 Å². The lowest BCUT2D eigenvalue weighted by atomic mass is 10.2. The van der Waals surface area contributed by atoms with Crippen LogP contribution in [0.2, 0.25) is 0 Å². The topological polar surface area (TPSA) is 84.9 Å². The number of methoxy groups -OCH3 is 2. The number of carbonyl (C=O) groups is 1. The molecule has 0 aliphatic heterocycles. The van der Waals surface area contributed by atoms with E-state index in [2.05, 4.69) is 4.72 Å². The molecule has 0 saturated carbocycles. The number of anilines is 1. The van der Waals surface area contributed by atoms with Crippen LogP contribution in [0.15, 0.2) is 53.4 Å². The van der Waals surface area contributed by atoms with Gasteiger partial charge < -0.3 is 14.4 Å². The second kappa shape index (κ2) is 8.68. The van der Waals surface area contributed by atoms with Crippen LogP contribution in [0.5, 0.6) is 11.5 Å². The van der Waals surface area contributed by atoms with Crippen molar-refractivity contribution in [1.29, 1.82) is 0 Å². The van der Waals surface area contributed by atoms with E-state index in [1.54, 1.807) is 36.4 Å². The molecule has 0 aliphatic rings. The van der Waals surface area contributed by atoms with Gasteiger partial charge in [-0.15, -0.1) is 0 Å². The van der Waals surface area contributed by atoms with Crippen LogP contribution in [0.1, 0.15) is 6.92 Å². The van der Waals surface area contributed by atoms with Gasteiger partial charge in [-0.2, -0.15) is 0 Å². The highest BCUT2D eigenvalue weighted by Gasteiger charge is 2.17. The number of benzene rings is 2. The minimum atomic E-state index is -3.62. The van der Waals surface area contributed by atoms with Crippen LogP contribution in [0, 0.1) is 0 Å². The molecule has 0 fully saturated rings. The van der Waals surface area contributed by atoms with E-state index in [-0.39, 0.29) is 23.9 Å². The van der Waals surface area contributed by atoms with E-state index in [1.807, 2.05) is 0 Å². The van der Waals surface area contributed by atoms with Crippen LogP contribution in [-0.2, 0) is 14.8 Å². The highest BCUT2D eigenvalue weighted by atomic mass is 32.2. The predicted molar refractivity (Wildman–Crippen MR) is 99.2 cm³/mol. The lowest BCUT2D eigenvalue weighted by Crippen LogP contribution is -2.37. The lowest BCUT2D eigenvalue weighted by molar-refractivity contribution is -0.116. The summed E-state index contributed by atoms with van der Waals surface area (Å²) in [6.45, 7) is 1.67. The third kappa shape index (κ3) is 4.74. The van der Waals surface area contributed by atoms with Crippen molar-refractivity contribution in [2.75, 3.05) is 32.2 Å². The Kier molecular flexibility index (Phi) is 6.59. The molecule has 0 aromatic heterocycles. The van der Waals surface area contributed by atoms with Crippen LogP contribution in [0.4, 0.5) is 5.69 Å². The first-order valence-corrected chi connectivity index (χ1v) is 9.42. The van der Waals surface area contributed by atoms with Crippen LogP contribution in [0.3, 0.4) is 0 Å². The molecule has 0 heterocycles. The molecule has 2 aromatic carbocycles. The third-order valence-electron chi connectivity index (χ3n) is 3.74. The molecule has 0 spiro atoms. The molecule has 0 saturated heterocycles. The van der Waals surface area contributed by atoms with Crippen LogP contribution >= 0.6 is 0 Å². The molecule has 26 heavy (non-hydrogen) atoms. The zero-order valence-electron chi connectivity index (χ0n) is 14.9. The van der Waals surface area contributed by atoms with E-state index >= 15 is 0 Å². The average Bonchev–Trinajstić information content (AvgIpc) is 2.65. The molecule has 0 unspecified atom stereocenters. The zero-order valence-corrected chi connectivity index (χ0v) is 15.7. The smallest absolute Gasteiger partial charge is 0.240 e. The Hall–Kier alpha value is -2.58. The lowest BCUT2D eigenvalue weighted by Gasteiger charge is -2.22. The number of hydrogen-bond acceptors (Lipinski definition) is 5. The summed E-state index contributed by atoms with van der Waals surface area (Å²) in [6.07, 6.45) is 0. The van der Waals surface area contributed by atoms with Gasteiger partial charge in [0.15, 0.2) is 11.5 Å². The first-order chi connectivity index (χ1) is 12.4. The molecule has 2 aromatic rings. The zero-order chi connectivity index (χ0) is 19.2. The van der Waals surface area contributed by atoms with Crippen molar-refractivity contribution in [2.24, 2.45) is 0 Å². The van der Waals surface area contributed by atoms with Crippen LogP contribution < -0.4 is 19.1 Å². The fraction of sp³-hybridized carbons (Fsp3) is 0.278. The van der Waals surface area contributed by atoms with Gasteiger partial charge in [-0.05, 0) is 24.3 Å². The summed E-state index contributed by atoms with van der Waals surface area (Å²) < 4.78 is 37.4. The Morgan fingerprint density at radius 3 is 2.27 bits per heavy atom. The Morgan fingerprint density at radius 2 is 1.69 bits per heavy atom. The summed E-state index contributed by atoms with van der Waals surface area (Å²) in [5.41, 5.74) is 0.592. The van der Waals surface area contributed by atoms with Crippen molar-refractivity contribution >= 4 is 21.6 Å². The number of ether oxygens (including phenoxy) is 2. The molecule has 7 nitrogen and oxygen atoms in total. The highest BCUT2D eigenvalue weighted by molar-refractivity contribution is 7.89. The maximum Gasteiger partial charge on any atom is 0.240 e. The third-order valence-corrected chi connectivity index (χ3v) is 5.22. The molecule has 0 atom stereocenters. The molecule has 140 valence electrons. The Morgan fingerprint density at radius 1 is 1.04 bits per heavy atom. The van der Waals surface area contributed by atoms with Crippen molar-refractivity contribution in [3.05, 3.63) is 48.5 Å². The number of nitrogens with one attached hydrogen (secondary N) is 1. The normalized spacial score (nSPS) is 11.0. The molecule has 0 radical (unpaired) electrons. The molecule has 2 rings (SSSR count). The van der Waals surface area contributed by atoms with Gasteiger partial charge in [0.1, 0.15) is 0 Å². The van der Waals surface area contributed by atoms with Gasteiger partial charge >= 0.3 is 0 Å². The summed E-state index contributed by atoms with van der Waals surface area (Å²) in [4.78, 5) is 13.6. The maximum absolute atomic E-state index is 12.3. The number of rotatable bonds is 8. The van der Waals surface area contributed by atoms with Crippen molar-refractivity contribution in [2.45, 2.75) is 11.8 Å². The standard InChI is InChI=1S/C18H22N2O5S/c1-14(21)20(15-9-10-17(24-2)18(13-15)25-3)12-11-19-26(22,23)16-7-5-4-6-8-16/h4-10,13,19H,11-12H2,1-3H3. The van der Waals surface area contributed by atoms with Gasteiger partial charge in [0.05, 0.1) is 19.1 Å². The van der Waals surface area contributed by atoms with Crippen LogP contribution in [-0.4, -0.2) is 41.6 Å². The molecular weight excluding hydrogens is 356 g/mol. The van der Waals surface area contributed by atoms with Gasteiger partial charge in [-0.25, -0.2) is 13.1 Å². The number of hydrogen-bond donors (Lipinski definition) is 1. The van der Waals surface area contributed by atoms with E-state index in [9.17, 15) is 13.2 Å². The fourth-order valence-electron chi connectivity index (χ4n) is 2.44. The van der Waals surface area contributed by atoms with Crippen molar-refractivity contribution in [3.63, 3.8) is 0 Å². The van der Waals surface area contributed by atoms with Crippen molar-refractivity contribution < 1.29 is 22.7 Å². The van der Waals surface area contributed by atoms with Gasteiger partial charge in [-0.3, -0.25) is 4.79 Å². The Bertz CT molecular complexity index is 853. The molecule has 0 bridgehead atoms. The van der Waals surface area contributed by atoms with E-state index in [1.165, 1.54) is 38.2 Å². The maximum atomic E-state index is 12.3. The summed E-state index contributed by atoms with van der Waals surface area (Å²) in [6, 6.07) is 13.2. The molecule has 1 N–H and O–H groups in total. The average molecular weight is 378 g/mol. The second-order valence-electron chi connectivity index (χ2n) is 5.42. The number of sulfonamides is 1. The SMILES string of the molecule is COc1ccc(N(CCNS(=O)(=O)c2ccccc2)C(C)=O)cc1OC. The number of carbonyl (C=O) groups excluding carboxylic acids is 1. The molecular formula is C18H22N2O5S. The van der Waals surface area contributed by atoms with Crippen LogP contribution in [0.25, 0.3) is 0 Å². The van der Waals surface area contributed by atoms with Gasteiger partial charge in [0, 0.05) is 31.8 Å². The van der Waals surface area contributed by atoms with Gasteiger partial charge in [0.25, 0.3) is 0 Å². The first kappa shape index (κ1) is 19.7. The second-order valence-corrected chi connectivity index (χ2v) is 7.19. The van der Waals surface area contributed by atoms with E-state index < -0.39 is 10.0 Å². The Balaban J connectivity index is 2.11. The van der Waals surface area contributed by atoms with Gasteiger partial charge in [-0.1, -0.05) is 18.2 Å². The van der Waals surface area contributed by atoms with Crippen molar-refractivity contribution in [1.82, 2.24) is 4.72 Å². The largest absolute Gasteiger partial charge is 0.493 e. The van der Waals surface area contributed by atoms with E-state index in [0.717, 1.165) is 0 Å². The van der Waals surface area contributed by atoms with Crippen molar-refractivity contribution in [3.8, 4) is 11.5 Å². The summed E-state index contributed by atoms with van der Waals surface area (Å²) in [5.74, 6) is 0.821. The summed E-state index contributed by atoms with van der Waals surface area (Å²) >= 11 is 0. The molecule has 0 aliphatic carbocycles. The minimum Gasteiger partial charge on any atom is -0.493 e. The van der Waals surface area contributed by atoms with Gasteiger partial charge in [0.2, 0.25) is 15.9 Å². The predicted octanol–water partition coefficient (Wildman–Crippen LogP) is 2.04. The minimum absolute atomic E-state index is 0.0746. The quantitative estimate of drug-likeness (QED) is 0.760. The highest BCUT2D eigenvalue weighted by Crippen LogP contribution is 2.31. The number of nitrogens with zero attached hydrogens (tertiary/aromatic N) is 1. The first-order valence-electron chi connectivity index (χ1n) is 7.94. The summed E-state index contributed by atoms with van der Waals surface area (Å²) in [7, 11) is -0.586. The monoisotopic (exact) mass is 378 g/mol.